The first-order valence-electron chi connectivity index (χ1n) is 4.57. The Bertz CT molecular complexity index is 347. The van der Waals surface area contributed by atoms with E-state index in [9.17, 15) is 4.79 Å². The molecule has 0 saturated carbocycles. The van der Waals surface area contributed by atoms with E-state index in [4.69, 9.17) is 5.73 Å². The Kier molecular flexibility index (Phi) is 2.11. The summed E-state index contributed by atoms with van der Waals surface area (Å²) in [7, 11) is 1.82. The molecule has 0 radical (unpaired) electrons. The summed E-state index contributed by atoms with van der Waals surface area (Å²) in [5.74, 6) is 0.601. The minimum atomic E-state index is 0.0288. The molecule has 0 aliphatic carbocycles. The summed E-state index contributed by atoms with van der Waals surface area (Å²) in [5.41, 5.74) is 5.43. The lowest BCUT2D eigenvalue weighted by atomic mass is 10.1. The lowest BCUT2D eigenvalue weighted by Gasteiger charge is -2.09. The largest absolute Gasteiger partial charge is 0.381 e. The number of carbonyl (C=O) groups is 1. The summed E-state index contributed by atoms with van der Waals surface area (Å²) in [6.45, 7) is 1.40. The van der Waals surface area contributed by atoms with Crippen LogP contribution in [-0.4, -0.2) is 39.4 Å². The normalized spacial score (nSPS) is 21.9. The van der Waals surface area contributed by atoms with Gasteiger partial charge in [0.05, 0.1) is 18.7 Å². The van der Waals surface area contributed by atoms with Gasteiger partial charge in [0.1, 0.15) is 0 Å². The zero-order valence-electron chi connectivity index (χ0n) is 8.05. The molecule has 1 saturated heterocycles. The Morgan fingerprint density at radius 3 is 3.00 bits per heavy atom. The van der Waals surface area contributed by atoms with E-state index in [0.29, 0.717) is 12.4 Å². The fourth-order valence-electron chi connectivity index (χ4n) is 1.69. The van der Waals surface area contributed by atoms with E-state index in [0.717, 1.165) is 13.0 Å². The van der Waals surface area contributed by atoms with E-state index in [1.807, 2.05) is 7.05 Å². The molecule has 1 unspecified atom stereocenters. The van der Waals surface area contributed by atoms with Gasteiger partial charge in [0.15, 0.2) is 5.82 Å². The molecule has 1 amide bonds. The molecule has 1 fully saturated rings. The van der Waals surface area contributed by atoms with Gasteiger partial charge < -0.3 is 10.6 Å². The number of anilines is 1. The topological polar surface area (TPSA) is 77.0 Å². The number of hydrogen-bond acceptors (Lipinski definition) is 4. The first-order chi connectivity index (χ1) is 6.66. The van der Waals surface area contributed by atoms with E-state index in [1.54, 1.807) is 15.8 Å². The zero-order chi connectivity index (χ0) is 10.1. The van der Waals surface area contributed by atoms with Crippen molar-refractivity contribution in [3.05, 3.63) is 6.20 Å². The van der Waals surface area contributed by atoms with Gasteiger partial charge in [-0.15, -0.1) is 5.10 Å². The van der Waals surface area contributed by atoms with Crippen LogP contribution in [0.5, 0.6) is 0 Å². The summed E-state index contributed by atoms with van der Waals surface area (Å²) < 4.78 is 1.62. The fourth-order valence-corrected chi connectivity index (χ4v) is 1.69. The molecule has 2 heterocycles. The van der Waals surface area contributed by atoms with Crippen molar-refractivity contribution in [2.24, 2.45) is 5.92 Å². The standard InChI is InChI=1S/C8H13N5O/c1-12-3-2-6(8(12)14)4-13-5-7(9)10-11-13/h5-6H,2-4,9H2,1H3. The zero-order valence-corrected chi connectivity index (χ0v) is 8.05. The van der Waals surface area contributed by atoms with Crippen LogP contribution in [0.2, 0.25) is 0 Å². The van der Waals surface area contributed by atoms with E-state index in [2.05, 4.69) is 10.3 Å². The predicted octanol–water partition coefficient (Wildman–Crippen LogP) is -0.661. The minimum absolute atomic E-state index is 0.0288. The summed E-state index contributed by atoms with van der Waals surface area (Å²) in [6, 6.07) is 0. The van der Waals surface area contributed by atoms with Crippen molar-refractivity contribution in [2.75, 3.05) is 19.3 Å². The van der Waals surface area contributed by atoms with Gasteiger partial charge in [0.2, 0.25) is 5.91 Å². The molecule has 2 rings (SSSR count). The second-order valence-corrected chi connectivity index (χ2v) is 3.61. The van der Waals surface area contributed by atoms with Gasteiger partial charge in [-0.3, -0.25) is 4.79 Å². The summed E-state index contributed by atoms with van der Waals surface area (Å²) >= 11 is 0. The fraction of sp³-hybridized carbons (Fsp3) is 0.625. The Morgan fingerprint density at radius 1 is 1.71 bits per heavy atom. The second-order valence-electron chi connectivity index (χ2n) is 3.61. The third-order valence-corrected chi connectivity index (χ3v) is 2.50. The smallest absolute Gasteiger partial charge is 0.227 e. The molecule has 2 N–H and O–H groups in total. The van der Waals surface area contributed by atoms with Crippen LogP contribution in [0.4, 0.5) is 5.82 Å². The van der Waals surface area contributed by atoms with Crippen molar-refractivity contribution in [2.45, 2.75) is 13.0 Å². The first kappa shape index (κ1) is 8.98. The number of carbonyl (C=O) groups excluding carboxylic acids is 1. The molecule has 76 valence electrons. The summed E-state index contributed by atoms with van der Waals surface area (Å²) in [6.07, 6.45) is 2.53. The van der Waals surface area contributed by atoms with Crippen LogP contribution < -0.4 is 5.73 Å². The van der Waals surface area contributed by atoms with Gasteiger partial charge in [0, 0.05) is 13.6 Å². The number of likely N-dealkylation sites (tertiary alicyclic amines) is 1. The van der Waals surface area contributed by atoms with Crippen LogP contribution in [0.25, 0.3) is 0 Å². The van der Waals surface area contributed by atoms with Gasteiger partial charge in [0.25, 0.3) is 0 Å². The minimum Gasteiger partial charge on any atom is -0.381 e. The van der Waals surface area contributed by atoms with Crippen LogP contribution >= 0.6 is 0 Å². The molecule has 1 aliphatic rings. The Hall–Kier alpha value is -1.59. The molecule has 1 aromatic heterocycles. The molecule has 1 aliphatic heterocycles. The Balaban J connectivity index is 2.02. The van der Waals surface area contributed by atoms with Crippen molar-refractivity contribution in [1.82, 2.24) is 19.9 Å². The quantitative estimate of drug-likeness (QED) is 0.679. The lowest BCUT2D eigenvalue weighted by Crippen LogP contribution is -2.25. The number of aromatic nitrogens is 3. The van der Waals surface area contributed by atoms with Crippen LogP contribution in [-0.2, 0) is 11.3 Å². The van der Waals surface area contributed by atoms with Crippen LogP contribution in [0.3, 0.4) is 0 Å². The van der Waals surface area contributed by atoms with E-state index in [-0.39, 0.29) is 11.8 Å². The highest BCUT2D eigenvalue weighted by Crippen LogP contribution is 2.17. The molecule has 1 atom stereocenters. The lowest BCUT2D eigenvalue weighted by molar-refractivity contribution is -0.130. The van der Waals surface area contributed by atoms with Crippen molar-refractivity contribution >= 4 is 11.7 Å². The van der Waals surface area contributed by atoms with Crippen LogP contribution in [0.1, 0.15) is 6.42 Å². The average Bonchev–Trinajstić information content (AvgIpc) is 2.67. The van der Waals surface area contributed by atoms with Crippen molar-refractivity contribution in [3.8, 4) is 0 Å². The highest BCUT2D eigenvalue weighted by molar-refractivity contribution is 5.80. The third kappa shape index (κ3) is 1.55. The molecular weight excluding hydrogens is 182 g/mol. The van der Waals surface area contributed by atoms with Crippen molar-refractivity contribution in [1.29, 1.82) is 0 Å². The van der Waals surface area contributed by atoms with Gasteiger partial charge in [-0.1, -0.05) is 5.21 Å². The van der Waals surface area contributed by atoms with E-state index in [1.165, 1.54) is 0 Å². The van der Waals surface area contributed by atoms with Gasteiger partial charge in [-0.2, -0.15) is 0 Å². The monoisotopic (exact) mass is 195 g/mol. The maximum absolute atomic E-state index is 11.5. The van der Waals surface area contributed by atoms with E-state index < -0.39 is 0 Å². The van der Waals surface area contributed by atoms with E-state index >= 15 is 0 Å². The molecule has 1 aromatic rings. The van der Waals surface area contributed by atoms with Gasteiger partial charge >= 0.3 is 0 Å². The maximum atomic E-state index is 11.5. The number of amides is 1. The number of nitrogens with zero attached hydrogens (tertiary/aromatic N) is 4. The number of rotatable bonds is 2. The average molecular weight is 195 g/mol. The summed E-state index contributed by atoms with van der Waals surface area (Å²) in [4.78, 5) is 13.3. The van der Waals surface area contributed by atoms with Crippen molar-refractivity contribution in [3.63, 3.8) is 0 Å². The number of nitrogens with two attached hydrogens (primary N) is 1. The molecule has 6 nitrogen and oxygen atoms in total. The Labute approximate surface area is 81.7 Å². The first-order valence-corrected chi connectivity index (χ1v) is 4.57. The Morgan fingerprint density at radius 2 is 2.50 bits per heavy atom. The molecular formula is C8H13N5O. The van der Waals surface area contributed by atoms with Crippen LogP contribution in [0, 0.1) is 5.92 Å². The van der Waals surface area contributed by atoms with Crippen LogP contribution in [0.15, 0.2) is 6.20 Å². The van der Waals surface area contributed by atoms with Crippen molar-refractivity contribution < 1.29 is 4.79 Å². The predicted molar refractivity (Wildman–Crippen MR) is 50.2 cm³/mol. The third-order valence-electron chi connectivity index (χ3n) is 2.50. The maximum Gasteiger partial charge on any atom is 0.227 e. The molecule has 0 aromatic carbocycles. The number of hydrogen-bond donors (Lipinski definition) is 1. The molecule has 6 heteroatoms. The van der Waals surface area contributed by atoms with Gasteiger partial charge in [-0.25, -0.2) is 4.68 Å². The highest BCUT2D eigenvalue weighted by Gasteiger charge is 2.29. The molecule has 0 bridgehead atoms. The molecule has 14 heavy (non-hydrogen) atoms. The second kappa shape index (κ2) is 3.28. The highest BCUT2D eigenvalue weighted by atomic mass is 16.2. The molecule has 0 spiro atoms. The van der Waals surface area contributed by atoms with Gasteiger partial charge in [-0.05, 0) is 6.42 Å². The SMILES string of the molecule is CN1CCC(Cn2cc(N)nn2)C1=O. The number of nitrogen functional groups attached to an aromatic ring is 1. The summed E-state index contributed by atoms with van der Waals surface area (Å²) in [5, 5.41) is 7.48.